The van der Waals surface area contributed by atoms with Crippen LogP contribution in [0.1, 0.15) is 5.69 Å². The molecular formula is C12H12N4O4S. The molecule has 1 aromatic heterocycles. The summed E-state index contributed by atoms with van der Waals surface area (Å²) in [5.74, 6) is 0.284. The van der Waals surface area contributed by atoms with E-state index in [1.165, 1.54) is 24.5 Å². The highest BCUT2D eigenvalue weighted by Crippen LogP contribution is 2.22. The van der Waals surface area contributed by atoms with Crippen LogP contribution in [0.25, 0.3) is 0 Å². The third kappa shape index (κ3) is 3.66. The highest BCUT2D eigenvalue weighted by atomic mass is 32.2. The molecule has 110 valence electrons. The molecule has 0 saturated heterocycles. The number of oxime groups is 1. The lowest BCUT2D eigenvalue weighted by molar-refractivity contribution is 0.318. The zero-order chi connectivity index (χ0) is 15.5. The number of benzene rings is 1. The average molecular weight is 308 g/mol. The molecule has 0 unspecified atom stereocenters. The summed E-state index contributed by atoms with van der Waals surface area (Å²) >= 11 is 0. The molecule has 8 nitrogen and oxygen atoms in total. The molecule has 0 atom stereocenters. The standard InChI is InChI=1S/C12H12N4O4S/c1-21(18,19)9-4-2-3-8(5-9)20-11-7-14-10(6-15-11)12(13)16-17/h2-7,17H,1H3,(H2,13,16). The van der Waals surface area contributed by atoms with Gasteiger partial charge in [0.05, 0.1) is 17.3 Å². The molecule has 2 aromatic rings. The van der Waals surface area contributed by atoms with E-state index in [1.807, 2.05) is 0 Å². The maximum absolute atomic E-state index is 11.5. The minimum absolute atomic E-state index is 0.140. The van der Waals surface area contributed by atoms with Gasteiger partial charge in [-0.3, -0.25) is 0 Å². The average Bonchev–Trinajstić information content (AvgIpc) is 2.47. The third-order valence-corrected chi connectivity index (χ3v) is 3.56. The van der Waals surface area contributed by atoms with Crippen LogP contribution in [0.5, 0.6) is 11.6 Å². The van der Waals surface area contributed by atoms with Gasteiger partial charge in [-0.25, -0.2) is 18.4 Å². The SMILES string of the molecule is CS(=O)(=O)c1cccc(Oc2cnc(C(N)=NO)cn2)c1. The minimum Gasteiger partial charge on any atom is -0.437 e. The monoisotopic (exact) mass is 308 g/mol. The minimum atomic E-state index is -3.32. The highest BCUT2D eigenvalue weighted by molar-refractivity contribution is 7.90. The van der Waals surface area contributed by atoms with Gasteiger partial charge in [-0.15, -0.1) is 0 Å². The smallest absolute Gasteiger partial charge is 0.237 e. The zero-order valence-corrected chi connectivity index (χ0v) is 11.8. The molecule has 2 rings (SSSR count). The van der Waals surface area contributed by atoms with E-state index in [0.717, 1.165) is 6.26 Å². The number of nitrogens with two attached hydrogens (primary N) is 1. The van der Waals surface area contributed by atoms with E-state index >= 15 is 0 Å². The predicted octanol–water partition coefficient (Wildman–Crippen LogP) is 0.767. The maximum atomic E-state index is 11.5. The Hall–Kier alpha value is -2.68. The second kappa shape index (κ2) is 5.75. The van der Waals surface area contributed by atoms with Gasteiger partial charge < -0.3 is 15.7 Å². The first-order valence-electron chi connectivity index (χ1n) is 5.68. The maximum Gasteiger partial charge on any atom is 0.237 e. The summed E-state index contributed by atoms with van der Waals surface area (Å²) < 4.78 is 28.3. The molecule has 0 aliphatic carbocycles. The molecule has 0 bridgehead atoms. The topological polar surface area (TPSA) is 128 Å². The fraction of sp³-hybridized carbons (Fsp3) is 0.0833. The second-order valence-corrected chi connectivity index (χ2v) is 6.09. The van der Waals surface area contributed by atoms with Gasteiger partial charge >= 0.3 is 0 Å². The number of aromatic nitrogens is 2. The van der Waals surface area contributed by atoms with E-state index in [2.05, 4.69) is 15.1 Å². The first kappa shape index (κ1) is 14.7. The van der Waals surface area contributed by atoms with Crippen LogP contribution in [0.4, 0.5) is 0 Å². The van der Waals surface area contributed by atoms with Crippen molar-refractivity contribution in [3.05, 3.63) is 42.4 Å². The van der Waals surface area contributed by atoms with Crippen molar-refractivity contribution < 1.29 is 18.4 Å². The van der Waals surface area contributed by atoms with Gasteiger partial charge in [-0.05, 0) is 18.2 Å². The number of nitrogens with zero attached hydrogens (tertiary/aromatic N) is 3. The largest absolute Gasteiger partial charge is 0.437 e. The van der Waals surface area contributed by atoms with Gasteiger partial charge in [0.2, 0.25) is 5.88 Å². The van der Waals surface area contributed by atoms with E-state index in [-0.39, 0.29) is 22.3 Å². The third-order valence-electron chi connectivity index (χ3n) is 2.45. The fourth-order valence-corrected chi connectivity index (χ4v) is 2.10. The fourth-order valence-electron chi connectivity index (χ4n) is 1.44. The summed E-state index contributed by atoms with van der Waals surface area (Å²) in [6, 6.07) is 6.00. The van der Waals surface area contributed by atoms with Gasteiger partial charge in [0.1, 0.15) is 11.4 Å². The van der Waals surface area contributed by atoms with Crippen LogP contribution >= 0.6 is 0 Å². The van der Waals surface area contributed by atoms with Crippen molar-refractivity contribution in [3.8, 4) is 11.6 Å². The molecular weight excluding hydrogens is 296 g/mol. The first-order chi connectivity index (χ1) is 9.90. The number of hydrogen-bond acceptors (Lipinski definition) is 7. The summed E-state index contributed by atoms with van der Waals surface area (Å²) in [6.45, 7) is 0. The normalized spacial score (nSPS) is 12.1. The Balaban J connectivity index is 2.23. The van der Waals surface area contributed by atoms with Crippen LogP contribution in [0.15, 0.2) is 46.7 Å². The van der Waals surface area contributed by atoms with E-state index in [4.69, 9.17) is 15.7 Å². The molecule has 0 spiro atoms. The Bertz CT molecular complexity index is 772. The van der Waals surface area contributed by atoms with Gasteiger partial charge in [0, 0.05) is 6.26 Å². The summed E-state index contributed by atoms with van der Waals surface area (Å²) in [5.41, 5.74) is 5.54. The van der Waals surface area contributed by atoms with Gasteiger partial charge in [0.25, 0.3) is 0 Å². The van der Waals surface area contributed by atoms with Crippen molar-refractivity contribution in [1.82, 2.24) is 9.97 Å². The van der Waals surface area contributed by atoms with Crippen LogP contribution in [0.2, 0.25) is 0 Å². The van der Waals surface area contributed by atoms with E-state index in [1.54, 1.807) is 12.1 Å². The summed E-state index contributed by atoms with van der Waals surface area (Å²) in [6.07, 6.45) is 3.66. The summed E-state index contributed by atoms with van der Waals surface area (Å²) in [5, 5.41) is 11.3. The highest BCUT2D eigenvalue weighted by Gasteiger charge is 2.09. The van der Waals surface area contributed by atoms with Crippen molar-refractivity contribution in [2.24, 2.45) is 10.9 Å². The number of rotatable bonds is 4. The lowest BCUT2D eigenvalue weighted by atomic mass is 10.3. The van der Waals surface area contributed by atoms with E-state index in [9.17, 15) is 8.42 Å². The van der Waals surface area contributed by atoms with Gasteiger partial charge in [-0.1, -0.05) is 11.2 Å². The quantitative estimate of drug-likeness (QED) is 0.369. The van der Waals surface area contributed by atoms with Crippen molar-refractivity contribution >= 4 is 15.7 Å². The molecule has 0 saturated carbocycles. The molecule has 1 aromatic carbocycles. The van der Waals surface area contributed by atoms with Crippen LogP contribution in [-0.4, -0.2) is 35.7 Å². The van der Waals surface area contributed by atoms with E-state index < -0.39 is 9.84 Å². The Morgan fingerprint density at radius 3 is 2.67 bits per heavy atom. The van der Waals surface area contributed by atoms with Crippen molar-refractivity contribution in [1.29, 1.82) is 0 Å². The lowest BCUT2D eigenvalue weighted by Crippen LogP contribution is -2.15. The molecule has 0 radical (unpaired) electrons. The predicted molar refractivity (Wildman–Crippen MR) is 74.2 cm³/mol. The summed E-state index contributed by atoms with van der Waals surface area (Å²) in [4.78, 5) is 7.96. The molecule has 0 aliphatic rings. The number of sulfone groups is 1. The van der Waals surface area contributed by atoms with Crippen LogP contribution in [0.3, 0.4) is 0 Å². The van der Waals surface area contributed by atoms with Crippen LogP contribution < -0.4 is 10.5 Å². The Labute approximate surface area is 120 Å². The summed E-state index contributed by atoms with van der Waals surface area (Å²) in [7, 11) is -3.32. The molecule has 9 heteroatoms. The number of ether oxygens (including phenoxy) is 1. The van der Waals surface area contributed by atoms with Crippen molar-refractivity contribution in [2.45, 2.75) is 4.90 Å². The Kier molecular flexibility index (Phi) is 4.03. The van der Waals surface area contributed by atoms with Crippen LogP contribution in [-0.2, 0) is 9.84 Å². The number of amidine groups is 1. The van der Waals surface area contributed by atoms with Crippen molar-refractivity contribution in [3.63, 3.8) is 0 Å². The molecule has 0 amide bonds. The van der Waals surface area contributed by atoms with E-state index in [0.29, 0.717) is 5.75 Å². The number of hydrogen-bond donors (Lipinski definition) is 2. The van der Waals surface area contributed by atoms with Crippen LogP contribution in [0, 0.1) is 0 Å². The second-order valence-electron chi connectivity index (χ2n) is 4.07. The Morgan fingerprint density at radius 2 is 2.10 bits per heavy atom. The molecule has 0 aliphatic heterocycles. The Morgan fingerprint density at radius 1 is 1.33 bits per heavy atom. The van der Waals surface area contributed by atoms with Crippen molar-refractivity contribution in [2.75, 3.05) is 6.26 Å². The molecule has 3 N–H and O–H groups in total. The van der Waals surface area contributed by atoms with Gasteiger partial charge in [-0.2, -0.15) is 0 Å². The molecule has 1 heterocycles. The molecule has 0 fully saturated rings. The lowest BCUT2D eigenvalue weighted by Gasteiger charge is -2.06. The molecule has 21 heavy (non-hydrogen) atoms. The zero-order valence-electron chi connectivity index (χ0n) is 11.0. The first-order valence-corrected chi connectivity index (χ1v) is 7.57. The van der Waals surface area contributed by atoms with Gasteiger partial charge in [0.15, 0.2) is 15.7 Å².